The summed E-state index contributed by atoms with van der Waals surface area (Å²) in [4.78, 5) is 0.141. The molecule has 2 aromatic carbocycles. The molecule has 0 atom stereocenters. The van der Waals surface area contributed by atoms with Crippen LogP contribution in [-0.4, -0.2) is 15.0 Å². The van der Waals surface area contributed by atoms with E-state index in [1.54, 1.807) is 24.3 Å². The lowest BCUT2D eigenvalue weighted by Crippen LogP contribution is -2.09. The molecule has 0 aromatic heterocycles. The molecule has 2 aromatic rings. The molecule has 0 heterocycles. The predicted molar refractivity (Wildman–Crippen MR) is 74.4 cm³/mol. The molecule has 0 aliphatic heterocycles. The normalized spacial score (nSPS) is 11.5. The number of hydrogen-bond donors (Lipinski definition) is 0. The van der Waals surface area contributed by atoms with Gasteiger partial charge in [0.25, 0.3) is 10.1 Å². The quantitative estimate of drug-likeness (QED) is 0.796. The molecule has 5 heteroatoms. The molecule has 0 unspecified atom stereocenters. The maximum Gasteiger partial charge on any atom is 0.296 e. The van der Waals surface area contributed by atoms with Gasteiger partial charge in [-0.3, -0.25) is 4.18 Å². The van der Waals surface area contributed by atoms with Crippen molar-refractivity contribution >= 4 is 10.1 Å². The van der Waals surface area contributed by atoms with E-state index in [9.17, 15) is 12.8 Å². The van der Waals surface area contributed by atoms with Crippen molar-refractivity contribution in [3.05, 3.63) is 65.5 Å². The smallest absolute Gasteiger partial charge is 0.266 e. The van der Waals surface area contributed by atoms with E-state index < -0.39 is 10.1 Å². The van der Waals surface area contributed by atoms with Crippen molar-refractivity contribution in [2.24, 2.45) is 0 Å². The SMILES string of the molecule is Cc1ccc(S(=O)(=O)OCCc2ccc(F)cc2)cc1. The third-order valence-corrected chi connectivity index (χ3v) is 4.18. The fraction of sp³-hybridized carbons (Fsp3) is 0.200. The van der Waals surface area contributed by atoms with Crippen LogP contribution in [0.2, 0.25) is 0 Å². The summed E-state index contributed by atoms with van der Waals surface area (Å²) in [5.74, 6) is -0.318. The highest BCUT2D eigenvalue weighted by atomic mass is 32.2. The summed E-state index contributed by atoms with van der Waals surface area (Å²) in [5.41, 5.74) is 1.81. The second kappa shape index (κ2) is 6.15. The number of hydrogen-bond acceptors (Lipinski definition) is 3. The van der Waals surface area contributed by atoms with Crippen LogP contribution in [-0.2, 0) is 20.7 Å². The van der Waals surface area contributed by atoms with E-state index in [0.717, 1.165) is 11.1 Å². The van der Waals surface area contributed by atoms with E-state index in [2.05, 4.69) is 0 Å². The van der Waals surface area contributed by atoms with Gasteiger partial charge in [0.05, 0.1) is 11.5 Å². The first kappa shape index (κ1) is 14.7. The van der Waals surface area contributed by atoms with Crippen LogP contribution in [0.1, 0.15) is 11.1 Å². The van der Waals surface area contributed by atoms with Crippen LogP contribution in [0.3, 0.4) is 0 Å². The van der Waals surface area contributed by atoms with Gasteiger partial charge in [0.1, 0.15) is 5.82 Å². The van der Waals surface area contributed by atoms with Crippen molar-refractivity contribution in [1.29, 1.82) is 0 Å². The zero-order valence-corrected chi connectivity index (χ0v) is 11.9. The van der Waals surface area contributed by atoms with Crippen LogP contribution in [0, 0.1) is 12.7 Å². The van der Waals surface area contributed by atoms with Crippen molar-refractivity contribution in [3.8, 4) is 0 Å². The molecular weight excluding hydrogens is 279 g/mol. The molecule has 0 bridgehead atoms. The molecule has 0 fully saturated rings. The molecule has 0 N–H and O–H groups in total. The first-order valence-electron chi connectivity index (χ1n) is 6.18. The molecule has 0 radical (unpaired) electrons. The van der Waals surface area contributed by atoms with Crippen molar-refractivity contribution in [3.63, 3.8) is 0 Å². The largest absolute Gasteiger partial charge is 0.296 e. The Morgan fingerprint density at radius 3 is 2.20 bits per heavy atom. The lowest BCUT2D eigenvalue weighted by atomic mass is 10.2. The summed E-state index contributed by atoms with van der Waals surface area (Å²) in [6, 6.07) is 12.4. The van der Waals surface area contributed by atoms with Gasteiger partial charge in [0.2, 0.25) is 0 Å². The van der Waals surface area contributed by atoms with E-state index in [-0.39, 0.29) is 17.3 Å². The minimum absolute atomic E-state index is 0.0296. The third-order valence-electron chi connectivity index (χ3n) is 2.85. The van der Waals surface area contributed by atoms with E-state index in [1.165, 1.54) is 24.3 Å². The van der Waals surface area contributed by atoms with E-state index in [0.29, 0.717) is 6.42 Å². The maximum absolute atomic E-state index is 12.7. The molecule has 0 saturated carbocycles. The van der Waals surface area contributed by atoms with Gasteiger partial charge in [-0.2, -0.15) is 8.42 Å². The van der Waals surface area contributed by atoms with Gasteiger partial charge in [-0.1, -0.05) is 29.8 Å². The first-order valence-corrected chi connectivity index (χ1v) is 7.59. The molecule has 0 spiro atoms. The lowest BCUT2D eigenvalue weighted by molar-refractivity contribution is 0.322. The minimum Gasteiger partial charge on any atom is -0.266 e. The molecular formula is C15H15FO3S. The molecule has 20 heavy (non-hydrogen) atoms. The van der Waals surface area contributed by atoms with Crippen LogP contribution < -0.4 is 0 Å². The highest BCUT2D eigenvalue weighted by molar-refractivity contribution is 7.86. The predicted octanol–water partition coefficient (Wildman–Crippen LogP) is 3.08. The number of halogens is 1. The summed E-state index contributed by atoms with van der Waals surface area (Å²) in [6.07, 6.45) is 0.408. The van der Waals surface area contributed by atoms with Gasteiger partial charge in [-0.05, 0) is 43.2 Å². The highest BCUT2D eigenvalue weighted by Gasteiger charge is 2.14. The fourth-order valence-electron chi connectivity index (χ4n) is 1.69. The van der Waals surface area contributed by atoms with Crippen molar-refractivity contribution in [2.75, 3.05) is 6.61 Å². The molecule has 0 saturated heterocycles. The van der Waals surface area contributed by atoms with Crippen LogP contribution >= 0.6 is 0 Å². The van der Waals surface area contributed by atoms with E-state index >= 15 is 0 Å². The van der Waals surface area contributed by atoms with Gasteiger partial charge in [-0.25, -0.2) is 4.39 Å². The van der Waals surface area contributed by atoms with Crippen LogP contribution in [0.5, 0.6) is 0 Å². The summed E-state index contributed by atoms with van der Waals surface area (Å²) in [5, 5.41) is 0. The standard InChI is InChI=1S/C15H15FO3S/c1-12-2-8-15(9-3-12)20(17,18)19-11-10-13-4-6-14(16)7-5-13/h2-9H,10-11H2,1H3. The Balaban J connectivity index is 1.96. The number of aryl methyl sites for hydroxylation is 1. The van der Waals surface area contributed by atoms with Gasteiger partial charge in [0, 0.05) is 0 Å². The fourth-order valence-corrected chi connectivity index (χ4v) is 2.60. The Morgan fingerprint density at radius 2 is 1.60 bits per heavy atom. The summed E-state index contributed by atoms with van der Waals surface area (Å²) in [7, 11) is -3.73. The second-order valence-corrected chi connectivity index (χ2v) is 6.08. The van der Waals surface area contributed by atoms with Crippen LogP contribution in [0.4, 0.5) is 4.39 Å². The zero-order chi connectivity index (χ0) is 14.6. The summed E-state index contributed by atoms with van der Waals surface area (Å²) < 4.78 is 41.5. The molecule has 0 aliphatic rings. The molecule has 106 valence electrons. The van der Waals surface area contributed by atoms with Crippen LogP contribution in [0.15, 0.2) is 53.4 Å². The Bertz CT molecular complexity index is 661. The van der Waals surface area contributed by atoms with Crippen molar-refractivity contribution in [2.45, 2.75) is 18.2 Å². The van der Waals surface area contributed by atoms with Crippen LogP contribution in [0.25, 0.3) is 0 Å². The van der Waals surface area contributed by atoms with Crippen molar-refractivity contribution < 1.29 is 17.0 Å². The van der Waals surface area contributed by atoms with Crippen molar-refractivity contribution in [1.82, 2.24) is 0 Å². The molecule has 2 rings (SSSR count). The highest BCUT2D eigenvalue weighted by Crippen LogP contribution is 2.14. The molecule has 0 aliphatic carbocycles. The number of benzene rings is 2. The van der Waals surface area contributed by atoms with E-state index in [1.807, 2.05) is 6.92 Å². The Labute approximate surface area is 118 Å². The maximum atomic E-state index is 12.7. The zero-order valence-electron chi connectivity index (χ0n) is 11.0. The topological polar surface area (TPSA) is 43.4 Å². The van der Waals surface area contributed by atoms with Gasteiger partial charge in [0.15, 0.2) is 0 Å². The first-order chi connectivity index (χ1) is 9.47. The minimum atomic E-state index is -3.73. The summed E-state index contributed by atoms with van der Waals surface area (Å²) >= 11 is 0. The monoisotopic (exact) mass is 294 g/mol. The molecule has 3 nitrogen and oxygen atoms in total. The third kappa shape index (κ3) is 3.88. The summed E-state index contributed by atoms with van der Waals surface area (Å²) in [6.45, 7) is 1.91. The average Bonchev–Trinajstić information content (AvgIpc) is 2.41. The van der Waals surface area contributed by atoms with Gasteiger partial charge < -0.3 is 0 Å². The van der Waals surface area contributed by atoms with Gasteiger partial charge in [-0.15, -0.1) is 0 Å². The van der Waals surface area contributed by atoms with E-state index in [4.69, 9.17) is 4.18 Å². The average molecular weight is 294 g/mol. The van der Waals surface area contributed by atoms with Gasteiger partial charge >= 0.3 is 0 Å². The Morgan fingerprint density at radius 1 is 1.00 bits per heavy atom. The molecule has 0 amide bonds. The Kier molecular flexibility index (Phi) is 4.52. The lowest BCUT2D eigenvalue weighted by Gasteiger charge is -2.06. The number of rotatable bonds is 5. The Hall–Kier alpha value is -1.72. The second-order valence-electron chi connectivity index (χ2n) is 4.47.